The van der Waals surface area contributed by atoms with Crippen LogP contribution < -0.4 is 13.9 Å². The van der Waals surface area contributed by atoms with Crippen LogP contribution in [0.15, 0.2) is 36.4 Å². The highest BCUT2D eigenvalue weighted by Gasteiger charge is 2.23. The van der Waals surface area contributed by atoms with E-state index >= 15 is 0 Å². The molecule has 28 heavy (non-hydrogen) atoms. The van der Waals surface area contributed by atoms with Crippen LogP contribution in [0.1, 0.15) is 45.4 Å². The van der Waals surface area contributed by atoms with Crippen molar-refractivity contribution in [1.29, 1.82) is 0 Å². The molecule has 3 aromatic rings. The first-order valence-electron chi connectivity index (χ1n) is 9.53. The Morgan fingerprint density at radius 3 is 2.54 bits per heavy atom. The number of hydrogen-bond donors (Lipinski definition) is 0. The zero-order valence-corrected chi connectivity index (χ0v) is 16.1. The molecule has 0 aliphatic carbocycles. The van der Waals surface area contributed by atoms with Crippen molar-refractivity contribution < 1.29 is 18.7 Å². The standard InChI is InChI=1S/C21H24N2O5/c1-3-4-5-6-7-14-19(24)28-18-13-9-11-16-21(18)23(26)15-10-8-12-17(27-2)20(15)22(16)25/h8-13H,3-7,14H2,1-2H3. The fraction of sp³-hybridized carbons (Fsp3) is 0.381. The maximum Gasteiger partial charge on any atom is 0.329 e. The van der Waals surface area contributed by atoms with Gasteiger partial charge in [0.1, 0.15) is 11.3 Å². The summed E-state index contributed by atoms with van der Waals surface area (Å²) in [6.07, 6.45) is 5.35. The molecule has 2 aromatic carbocycles. The molecule has 7 nitrogen and oxygen atoms in total. The molecule has 0 N–H and O–H groups in total. The van der Waals surface area contributed by atoms with Crippen LogP contribution in [0.25, 0.3) is 22.1 Å². The van der Waals surface area contributed by atoms with Gasteiger partial charge in [-0.2, -0.15) is 0 Å². The van der Waals surface area contributed by atoms with Crippen molar-refractivity contribution in [3.05, 3.63) is 46.5 Å². The molecule has 0 spiro atoms. The molecular formula is C21H24N2O5. The summed E-state index contributed by atoms with van der Waals surface area (Å²) >= 11 is 0. The maximum atomic E-state index is 13.0. The lowest BCUT2D eigenvalue weighted by atomic mass is 10.1. The smallest absolute Gasteiger partial charge is 0.329 e. The van der Waals surface area contributed by atoms with Gasteiger partial charge in [0, 0.05) is 17.4 Å². The second-order valence-corrected chi connectivity index (χ2v) is 6.68. The van der Waals surface area contributed by atoms with Gasteiger partial charge >= 0.3 is 11.5 Å². The van der Waals surface area contributed by atoms with E-state index in [1.54, 1.807) is 18.2 Å². The van der Waals surface area contributed by atoms with E-state index in [4.69, 9.17) is 9.47 Å². The molecule has 0 fully saturated rings. The Morgan fingerprint density at radius 1 is 1.07 bits per heavy atom. The molecule has 0 bridgehead atoms. The predicted octanol–water partition coefficient (Wildman–Crippen LogP) is 4.33. The molecule has 0 aliphatic rings. The fourth-order valence-electron chi connectivity index (χ4n) is 3.29. The number of ether oxygens (including phenoxy) is 2. The van der Waals surface area contributed by atoms with Gasteiger partial charge in [0.2, 0.25) is 5.75 Å². The Labute approximate surface area is 162 Å². The van der Waals surface area contributed by atoms with Crippen LogP contribution in [0.3, 0.4) is 0 Å². The molecular weight excluding hydrogens is 360 g/mol. The van der Waals surface area contributed by atoms with Gasteiger partial charge in [0.15, 0.2) is 5.52 Å². The first kappa shape index (κ1) is 19.7. The SMILES string of the molecule is CCCCCCCC(=O)Oc1cccc2c1[n+](=O)c1cccc(OC)c1n2[O-]. The van der Waals surface area contributed by atoms with Gasteiger partial charge in [-0.1, -0.05) is 44.7 Å². The van der Waals surface area contributed by atoms with Crippen LogP contribution in [0.4, 0.5) is 0 Å². The highest BCUT2D eigenvalue weighted by Crippen LogP contribution is 2.29. The molecule has 0 saturated carbocycles. The zero-order valence-electron chi connectivity index (χ0n) is 16.1. The first-order valence-corrected chi connectivity index (χ1v) is 9.53. The molecule has 1 heterocycles. The van der Waals surface area contributed by atoms with Crippen LogP contribution >= 0.6 is 0 Å². The Hall–Kier alpha value is -3.09. The third-order valence-electron chi connectivity index (χ3n) is 4.73. The second-order valence-electron chi connectivity index (χ2n) is 6.68. The molecule has 0 atom stereocenters. The monoisotopic (exact) mass is 384 g/mol. The summed E-state index contributed by atoms with van der Waals surface area (Å²) in [4.78, 5) is 25.2. The first-order chi connectivity index (χ1) is 13.6. The largest absolute Gasteiger partial charge is 0.805 e. The lowest BCUT2D eigenvalue weighted by molar-refractivity contribution is -0.433. The number of para-hydroxylation sites is 2. The summed E-state index contributed by atoms with van der Waals surface area (Å²) in [5.74, 6) is -0.0268. The second kappa shape index (κ2) is 8.73. The van der Waals surface area contributed by atoms with E-state index in [1.165, 1.54) is 25.3 Å². The number of carbonyl (C=O) groups excluding carboxylic acids is 1. The van der Waals surface area contributed by atoms with E-state index in [0.29, 0.717) is 14.9 Å². The molecule has 148 valence electrons. The van der Waals surface area contributed by atoms with Crippen LogP contribution in [0, 0.1) is 10.1 Å². The van der Waals surface area contributed by atoms with E-state index < -0.39 is 5.97 Å². The summed E-state index contributed by atoms with van der Waals surface area (Å²) in [5.41, 5.74) is 0.412. The van der Waals surface area contributed by atoms with Gasteiger partial charge < -0.3 is 19.4 Å². The minimum absolute atomic E-state index is 0.0255. The minimum Gasteiger partial charge on any atom is -0.805 e. The molecule has 7 heteroatoms. The van der Waals surface area contributed by atoms with Gasteiger partial charge in [-0.25, -0.2) is 0 Å². The molecule has 3 rings (SSSR count). The number of nitrogens with zero attached hydrogens (tertiary/aromatic N) is 2. The Kier molecular flexibility index (Phi) is 6.13. The number of carbonyl (C=O) groups is 1. The Balaban J connectivity index is 1.97. The number of rotatable bonds is 8. The number of fused-ring (bicyclic) bond motifs is 2. The van der Waals surface area contributed by atoms with Crippen molar-refractivity contribution in [1.82, 2.24) is 4.73 Å². The fourth-order valence-corrected chi connectivity index (χ4v) is 3.29. The van der Waals surface area contributed by atoms with Gasteiger partial charge in [-0.3, -0.25) is 4.79 Å². The minimum atomic E-state index is -0.410. The van der Waals surface area contributed by atoms with Crippen molar-refractivity contribution in [3.8, 4) is 11.5 Å². The van der Waals surface area contributed by atoms with Crippen LogP contribution in [-0.2, 0) is 4.79 Å². The summed E-state index contributed by atoms with van der Waals surface area (Å²) in [7, 11) is 1.44. The van der Waals surface area contributed by atoms with Gasteiger partial charge in [0.25, 0.3) is 5.52 Å². The highest BCUT2D eigenvalue weighted by atomic mass is 16.5. The average molecular weight is 384 g/mol. The maximum absolute atomic E-state index is 13.0. The summed E-state index contributed by atoms with van der Waals surface area (Å²) < 4.78 is 11.9. The van der Waals surface area contributed by atoms with Crippen LogP contribution in [0.2, 0.25) is 0 Å². The van der Waals surface area contributed by atoms with Crippen molar-refractivity contribution in [2.45, 2.75) is 45.4 Å². The topological polar surface area (TPSA) is 86.5 Å². The molecule has 0 amide bonds. The third kappa shape index (κ3) is 3.78. The van der Waals surface area contributed by atoms with Gasteiger partial charge in [0.05, 0.1) is 11.5 Å². The molecule has 0 unspecified atom stereocenters. The molecule has 0 radical (unpaired) electrons. The van der Waals surface area contributed by atoms with Crippen molar-refractivity contribution in [2.24, 2.45) is 0 Å². The van der Waals surface area contributed by atoms with Crippen LogP contribution in [-0.4, -0.2) is 17.8 Å². The van der Waals surface area contributed by atoms with E-state index in [0.717, 1.165) is 32.1 Å². The lowest BCUT2D eigenvalue weighted by Gasteiger charge is -2.16. The van der Waals surface area contributed by atoms with Crippen molar-refractivity contribution in [3.63, 3.8) is 0 Å². The van der Waals surface area contributed by atoms with Gasteiger partial charge in [-0.15, -0.1) is 0 Å². The number of hydrogen-bond acceptors (Lipinski definition) is 5. The molecule has 0 aliphatic heterocycles. The molecule has 1 aromatic heterocycles. The summed E-state index contributed by atoms with van der Waals surface area (Å²) in [5, 5.41) is 12.9. The Bertz CT molecular complexity index is 1060. The van der Waals surface area contributed by atoms with E-state index in [9.17, 15) is 14.9 Å². The summed E-state index contributed by atoms with van der Waals surface area (Å²) in [6.45, 7) is 2.13. The third-order valence-corrected chi connectivity index (χ3v) is 4.73. The van der Waals surface area contributed by atoms with E-state index in [-0.39, 0.29) is 34.2 Å². The number of methoxy groups -OCH3 is 1. The van der Waals surface area contributed by atoms with E-state index in [2.05, 4.69) is 6.92 Å². The predicted molar refractivity (Wildman–Crippen MR) is 107 cm³/mol. The number of aromatic nitrogens is 2. The normalized spacial score (nSPS) is 11.1. The van der Waals surface area contributed by atoms with Crippen molar-refractivity contribution in [2.75, 3.05) is 7.11 Å². The quantitative estimate of drug-likeness (QED) is 0.190. The van der Waals surface area contributed by atoms with Crippen molar-refractivity contribution >= 4 is 28.0 Å². The lowest BCUT2D eigenvalue weighted by Crippen LogP contribution is -2.22. The number of benzene rings is 2. The highest BCUT2D eigenvalue weighted by molar-refractivity contribution is 5.90. The molecule has 0 saturated heterocycles. The van der Waals surface area contributed by atoms with E-state index in [1.807, 2.05) is 0 Å². The number of esters is 1. The van der Waals surface area contributed by atoms with Gasteiger partial charge in [-0.05, 0) is 24.6 Å². The number of unbranched alkanes of at least 4 members (excludes halogenated alkanes) is 4. The average Bonchev–Trinajstić information content (AvgIpc) is 2.71. The Morgan fingerprint density at radius 2 is 1.79 bits per heavy atom. The van der Waals surface area contributed by atoms with Crippen LogP contribution in [0.5, 0.6) is 11.5 Å². The summed E-state index contributed by atoms with van der Waals surface area (Å²) in [6, 6.07) is 9.41. The zero-order chi connectivity index (χ0) is 20.1.